The van der Waals surface area contributed by atoms with Crippen LogP contribution in [0.4, 0.5) is 0 Å². The van der Waals surface area contributed by atoms with E-state index in [1.165, 1.54) is 0 Å². The molecule has 0 saturated heterocycles. The zero-order valence-corrected chi connectivity index (χ0v) is 10.5. The summed E-state index contributed by atoms with van der Waals surface area (Å²) >= 11 is 0. The van der Waals surface area contributed by atoms with Crippen molar-refractivity contribution in [1.82, 2.24) is 9.55 Å². The van der Waals surface area contributed by atoms with Crippen molar-refractivity contribution in [2.24, 2.45) is 0 Å². The summed E-state index contributed by atoms with van der Waals surface area (Å²) in [5, 5.41) is 0. The number of fused-ring (bicyclic) bond motifs is 1. The Morgan fingerprint density at radius 3 is 2.78 bits per heavy atom. The van der Waals surface area contributed by atoms with Gasteiger partial charge in [-0.25, -0.2) is 4.98 Å². The molecule has 3 rings (SSSR count). The molecule has 2 aromatic rings. The fourth-order valence-electron chi connectivity index (χ4n) is 2.60. The summed E-state index contributed by atoms with van der Waals surface area (Å²) in [6.45, 7) is 2.54. The third-order valence-electron chi connectivity index (χ3n) is 3.56. The molecule has 1 heterocycles. The Kier molecular flexibility index (Phi) is 2.74. The third-order valence-corrected chi connectivity index (χ3v) is 3.56. The number of aryl methyl sites for hydroxylation is 2. The van der Waals surface area contributed by atoms with Crippen LogP contribution in [0.25, 0.3) is 0 Å². The summed E-state index contributed by atoms with van der Waals surface area (Å²) in [7, 11) is 0. The first-order valence-electron chi connectivity index (χ1n) is 6.39. The second-order valence-corrected chi connectivity index (χ2v) is 4.81. The van der Waals surface area contributed by atoms with Crippen LogP contribution in [-0.2, 0) is 19.4 Å². The van der Waals surface area contributed by atoms with Gasteiger partial charge in [0.15, 0.2) is 0 Å². The van der Waals surface area contributed by atoms with Crippen molar-refractivity contribution in [3.8, 4) is 0 Å². The van der Waals surface area contributed by atoms with Crippen LogP contribution in [0.15, 0.2) is 35.1 Å². The smallest absolute Gasteiger partial charge is 0.257 e. The van der Waals surface area contributed by atoms with Gasteiger partial charge in [0.25, 0.3) is 5.56 Å². The largest absolute Gasteiger partial charge is 0.292 e. The van der Waals surface area contributed by atoms with Gasteiger partial charge in [-0.2, -0.15) is 0 Å². The zero-order chi connectivity index (χ0) is 12.5. The van der Waals surface area contributed by atoms with Crippen LogP contribution in [0.3, 0.4) is 0 Å². The normalized spacial score (nSPS) is 13.6. The Morgan fingerprint density at radius 2 is 2.00 bits per heavy atom. The number of aromatic nitrogens is 2. The molecule has 0 saturated carbocycles. The topological polar surface area (TPSA) is 34.9 Å². The number of hydrogen-bond donors (Lipinski definition) is 0. The molecule has 1 aliphatic rings. The molecular formula is C15H16N2O. The lowest BCUT2D eigenvalue weighted by atomic mass is 10.2. The first kappa shape index (κ1) is 11.2. The highest BCUT2D eigenvalue weighted by atomic mass is 16.1. The number of rotatable bonds is 2. The van der Waals surface area contributed by atoms with Gasteiger partial charge in [0.1, 0.15) is 5.82 Å². The highest BCUT2D eigenvalue weighted by Crippen LogP contribution is 2.16. The molecule has 0 atom stereocenters. The average Bonchev–Trinajstić information content (AvgIpc) is 2.84. The van der Waals surface area contributed by atoms with E-state index < -0.39 is 0 Å². The highest BCUT2D eigenvalue weighted by molar-refractivity contribution is 5.24. The molecule has 18 heavy (non-hydrogen) atoms. The molecule has 1 aliphatic carbocycles. The van der Waals surface area contributed by atoms with E-state index in [1.807, 2.05) is 37.3 Å². The molecule has 0 bridgehead atoms. The molecule has 0 fully saturated rings. The maximum atomic E-state index is 12.4. The summed E-state index contributed by atoms with van der Waals surface area (Å²) in [5.41, 5.74) is 3.24. The van der Waals surface area contributed by atoms with Crippen LogP contribution < -0.4 is 5.56 Å². The van der Waals surface area contributed by atoms with E-state index in [2.05, 4.69) is 4.98 Å². The van der Waals surface area contributed by atoms with Crippen LogP contribution in [0.1, 0.15) is 29.1 Å². The molecule has 0 radical (unpaired) electrons. The molecule has 1 aromatic carbocycles. The van der Waals surface area contributed by atoms with Crippen LogP contribution in [0, 0.1) is 6.92 Å². The predicted molar refractivity (Wildman–Crippen MR) is 70.8 cm³/mol. The van der Waals surface area contributed by atoms with E-state index in [0.29, 0.717) is 6.54 Å². The van der Waals surface area contributed by atoms with E-state index in [-0.39, 0.29) is 5.56 Å². The number of benzene rings is 1. The van der Waals surface area contributed by atoms with Crippen LogP contribution in [-0.4, -0.2) is 9.55 Å². The molecule has 0 amide bonds. The summed E-state index contributed by atoms with van der Waals surface area (Å²) in [6.07, 6.45) is 2.90. The molecule has 0 aliphatic heterocycles. The van der Waals surface area contributed by atoms with E-state index in [0.717, 1.165) is 41.9 Å². The maximum absolute atomic E-state index is 12.4. The fourth-order valence-corrected chi connectivity index (χ4v) is 2.60. The van der Waals surface area contributed by atoms with E-state index in [9.17, 15) is 4.79 Å². The summed E-state index contributed by atoms with van der Waals surface area (Å²) in [4.78, 5) is 17.0. The maximum Gasteiger partial charge on any atom is 0.257 e. The van der Waals surface area contributed by atoms with Gasteiger partial charge in [0.05, 0.1) is 12.2 Å². The van der Waals surface area contributed by atoms with Crippen molar-refractivity contribution >= 4 is 0 Å². The minimum Gasteiger partial charge on any atom is -0.292 e. The molecule has 0 spiro atoms. The van der Waals surface area contributed by atoms with Gasteiger partial charge < -0.3 is 0 Å². The van der Waals surface area contributed by atoms with Crippen LogP contribution >= 0.6 is 0 Å². The molecule has 1 aromatic heterocycles. The van der Waals surface area contributed by atoms with Gasteiger partial charge in [-0.15, -0.1) is 0 Å². The summed E-state index contributed by atoms with van der Waals surface area (Å²) < 4.78 is 1.79. The van der Waals surface area contributed by atoms with Crippen molar-refractivity contribution in [2.45, 2.75) is 32.7 Å². The standard InChI is InChI=1S/C15H16N2O/c1-11-16-14-9-5-8-13(14)15(18)17(11)10-12-6-3-2-4-7-12/h2-4,6-7H,5,8-10H2,1H3. The third kappa shape index (κ3) is 1.86. The van der Waals surface area contributed by atoms with Crippen molar-refractivity contribution in [3.63, 3.8) is 0 Å². The molecule has 3 heteroatoms. The summed E-state index contributed by atoms with van der Waals surface area (Å²) in [6, 6.07) is 10.1. The quantitative estimate of drug-likeness (QED) is 0.805. The second kappa shape index (κ2) is 4.41. The van der Waals surface area contributed by atoms with Crippen LogP contribution in [0.2, 0.25) is 0 Å². The summed E-state index contributed by atoms with van der Waals surface area (Å²) in [5.74, 6) is 0.824. The Balaban J connectivity index is 2.05. The lowest BCUT2D eigenvalue weighted by molar-refractivity contribution is 0.686. The monoisotopic (exact) mass is 240 g/mol. The number of hydrogen-bond acceptors (Lipinski definition) is 2. The first-order valence-corrected chi connectivity index (χ1v) is 6.39. The van der Waals surface area contributed by atoms with Crippen molar-refractivity contribution in [2.75, 3.05) is 0 Å². The van der Waals surface area contributed by atoms with Gasteiger partial charge in [-0.1, -0.05) is 30.3 Å². The SMILES string of the molecule is Cc1nc2c(c(=O)n1Cc1ccccc1)CCC2. The highest BCUT2D eigenvalue weighted by Gasteiger charge is 2.19. The minimum absolute atomic E-state index is 0.152. The second-order valence-electron chi connectivity index (χ2n) is 4.81. The van der Waals surface area contributed by atoms with E-state index >= 15 is 0 Å². The molecule has 92 valence electrons. The number of nitrogens with zero attached hydrogens (tertiary/aromatic N) is 2. The fraction of sp³-hybridized carbons (Fsp3) is 0.333. The van der Waals surface area contributed by atoms with Gasteiger partial charge in [-0.05, 0) is 31.7 Å². The Bertz CT molecular complexity index is 629. The molecule has 0 N–H and O–H groups in total. The molecule has 0 unspecified atom stereocenters. The minimum atomic E-state index is 0.152. The van der Waals surface area contributed by atoms with E-state index in [4.69, 9.17) is 0 Å². The van der Waals surface area contributed by atoms with E-state index in [1.54, 1.807) is 4.57 Å². The van der Waals surface area contributed by atoms with Crippen molar-refractivity contribution in [1.29, 1.82) is 0 Å². The first-order chi connectivity index (χ1) is 8.75. The Morgan fingerprint density at radius 1 is 1.22 bits per heavy atom. The van der Waals surface area contributed by atoms with Crippen molar-refractivity contribution < 1.29 is 0 Å². The van der Waals surface area contributed by atoms with Gasteiger partial charge in [-0.3, -0.25) is 9.36 Å². The average molecular weight is 240 g/mol. The van der Waals surface area contributed by atoms with Gasteiger partial charge >= 0.3 is 0 Å². The Labute approximate surface area is 106 Å². The van der Waals surface area contributed by atoms with Gasteiger partial charge in [0.2, 0.25) is 0 Å². The lowest BCUT2D eigenvalue weighted by Crippen LogP contribution is -2.27. The predicted octanol–water partition coefficient (Wildman–Crippen LogP) is 2.09. The molecule has 3 nitrogen and oxygen atoms in total. The molecular weight excluding hydrogens is 224 g/mol. The lowest BCUT2D eigenvalue weighted by Gasteiger charge is -2.11. The zero-order valence-electron chi connectivity index (χ0n) is 10.5. The Hall–Kier alpha value is -1.90. The van der Waals surface area contributed by atoms with Crippen molar-refractivity contribution in [3.05, 3.63) is 63.3 Å². The van der Waals surface area contributed by atoms with Crippen LogP contribution in [0.5, 0.6) is 0 Å². The van der Waals surface area contributed by atoms with Gasteiger partial charge in [0, 0.05) is 5.56 Å².